The van der Waals surface area contributed by atoms with Crippen LogP contribution in [0.25, 0.3) is 0 Å². The number of hydrogen-bond acceptors (Lipinski definition) is 3. The molecule has 2 aromatic carbocycles. The molecule has 1 aliphatic rings. The highest BCUT2D eigenvalue weighted by molar-refractivity contribution is 5.84. The lowest BCUT2D eigenvalue weighted by Gasteiger charge is -2.23. The highest BCUT2D eigenvalue weighted by Gasteiger charge is 2.36. The zero-order valence-corrected chi connectivity index (χ0v) is 13.4. The van der Waals surface area contributed by atoms with Gasteiger partial charge in [0.2, 0.25) is 5.91 Å². The molecule has 3 atom stereocenters. The van der Waals surface area contributed by atoms with Crippen molar-refractivity contribution in [2.75, 3.05) is 19.6 Å². The van der Waals surface area contributed by atoms with Gasteiger partial charge in [-0.2, -0.15) is 0 Å². The van der Waals surface area contributed by atoms with Crippen molar-refractivity contribution >= 4 is 5.91 Å². The van der Waals surface area contributed by atoms with Gasteiger partial charge < -0.3 is 16.4 Å². The molecular formula is C19H22FN3O. The number of halogens is 1. The number of nitrogens with zero attached hydrogens (tertiary/aromatic N) is 1. The Balaban J connectivity index is 1.76. The van der Waals surface area contributed by atoms with Crippen LogP contribution in [0.5, 0.6) is 0 Å². The van der Waals surface area contributed by atoms with Gasteiger partial charge in [-0.15, -0.1) is 0 Å². The molecule has 0 bridgehead atoms. The van der Waals surface area contributed by atoms with E-state index in [2.05, 4.69) is 0 Å². The van der Waals surface area contributed by atoms with E-state index in [4.69, 9.17) is 11.5 Å². The summed E-state index contributed by atoms with van der Waals surface area (Å²) in [7, 11) is 0. The molecule has 1 saturated heterocycles. The zero-order chi connectivity index (χ0) is 17.1. The second kappa shape index (κ2) is 7.11. The van der Waals surface area contributed by atoms with Crippen LogP contribution in [0.1, 0.15) is 23.0 Å². The SMILES string of the molecule is NCC(C(=O)N1C[C@@H](N)[C@H](c2ccccc2)C1)c1ccc(F)cc1. The van der Waals surface area contributed by atoms with E-state index in [9.17, 15) is 9.18 Å². The topological polar surface area (TPSA) is 72.4 Å². The average Bonchev–Trinajstić information content (AvgIpc) is 3.00. The number of hydrogen-bond donors (Lipinski definition) is 2. The highest BCUT2D eigenvalue weighted by Crippen LogP contribution is 2.29. The van der Waals surface area contributed by atoms with E-state index >= 15 is 0 Å². The molecule has 5 heteroatoms. The molecule has 0 saturated carbocycles. The summed E-state index contributed by atoms with van der Waals surface area (Å²) >= 11 is 0. The zero-order valence-electron chi connectivity index (χ0n) is 13.4. The summed E-state index contributed by atoms with van der Waals surface area (Å²) in [6, 6.07) is 15.9. The molecule has 4 nitrogen and oxygen atoms in total. The smallest absolute Gasteiger partial charge is 0.231 e. The van der Waals surface area contributed by atoms with E-state index in [-0.39, 0.29) is 30.2 Å². The van der Waals surface area contributed by atoms with E-state index in [0.29, 0.717) is 13.1 Å². The van der Waals surface area contributed by atoms with E-state index in [1.54, 1.807) is 17.0 Å². The first-order valence-corrected chi connectivity index (χ1v) is 8.15. The lowest BCUT2D eigenvalue weighted by atomic mass is 9.95. The molecule has 0 aromatic heterocycles. The summed E-state index contributed by atoms with van der Waals surface area (Å²) in [4.78, 5) is 14.7. The standard InChI is InChI=1S/C19H22FN3O/c20-15-8-6-14(7-9-15)16(10-21)19(24)23-11-17(18(22)12-23)13-4-2-1-3-5-13/h1-9,16-18H,10-12,21-22H2/t16?,17-,18+/m0/s1. The number of carbonyl (C=O) groups excluding carboxylic acids is 1. The fourth-order valence-electron chi connectivity index (χ4n) is 3.36. The molecule has 1 aliphatic heterocycles. The Labute approximate surface area is 141 Å². The molecule has 1 heterocycles. The Morgan fingerprint density at radius 1 is 1.12 bits per heavy atom. The van der Waals surface area contributed by atoms with Gasteiger partial charge in [-0.3, -0.25) is 4.79 Å². The quantitative estimate of drug-likeness (QED) is 0.900. The van der Waals surface area contributed by atoms with Crippen LogP contribution in [0.4, 0.5) is 4.39 Å². The Hall–Kier alpha value is -2.24. The number of rotatable bonds is 4. The van der Waals surface area contributed by atoms with Crippen molar-refractivity contribution in [1.29, 1.82) is 0 Å². The Bertz CT molecular complexity index is 690. The van der Waals surface area contributed by atoms with Gasteiger partial charge in [-0.25, -0.2) is 4.39 Å². The fraction of sp³-hybridized carbons (Fsp3) is 0.316. The molecule has 0 spiro atoms. The predicted molar refractivity (Wildman–Crippen MR) is 91.9 cm³/mol. The van der Waals surface area contributed by atoms with Gasteiger partial charge in [0, 0.05) is 31.6 Å². The van der Waals surface area contributed by atoms with Crippen LogP contribution < -0.4 is 11.5 Å². The Morgan fingerprint density at radius 3 is 2.42 bits per heavy atom. The van der Waals surface area contributed by atoms with Crippen LogP contribution in [0, 0.1) is 5.82 Å². The molecule has 1 unspecified atom stereocenters. The van der Waals surface area contributed by atoms with Gasteiger partial charge >= 0.3 is 0 Å². The van der Waals surface area contributed by atoms with E-state index < -0.39 is 5.92 Å². The summed E-state index contributed by atoms with van der Waals surface area (Å²) in [5.41, 5.74) is 14.0. The van der Waals surface area contributed by atoms with Crippen molar-refractivity contribution in [1.82, 2.24) is 4.90 Å². The van der Waals surface area contributed by atoms with Crippen LogP contribution in [-0.4, -0.2) is 36.5 Å². The first-order valence-electron chi connectivity index (χ1n) is 8.15. The molecular weight excluding hydrogens is 305 g/mol. The second-order valence-corrected chi connectivity index (χ2v) is 6.26. The summed E-state index contributed by atoms with van der Waals surface area (Å²) in [5, 5.41) is 0. The highest BCUT2D eigenvalue weighted by atomic mass is 19.1. The van der Waals surface area contributed by atoms with E-state index in [1.165, 1.54) is 12.1 Å². The van der Waals surface area contributed by atoms with Crippen LogP contribution in [0.2, 0.25) is 0 Å². The largest absolute Gasteiger partial charge is 0.340 e. The Morgan fingerprint density at radius 2 is 1.79 bits per heavy atom. The minimum absolute atomic E-state index is 0.0435. The van der Waals surface area contributed by atoms with Crippen LogP contribution in [0.15, 0.2) is 54.6 Å². The molecule has 1 amide bonds. The minimum atomic E-state index is -0.465. The summed E-state index contributed by atoms with van der Waals surface area (Å²) < 4.78 is 13.1. The predicted octanol–water partition coefficient (Wildman–Crippen LogP) is 1.82. The molecule has 2 aromatic rings. The number of benzene rings is 2. The maximum absolute atomic E-state index is 13.1. The third-order valence-corrected chi connectivity index (χ3v) is 4.71. The molecule has 3 rings (SSSR count). The van der Waals surface area contributed by atoms with E-state index in [0.717, 1.165) is 11.1 Å². The van der Waals surface area contributed by atoms with Gasteiger partial charge in [0.1, 0.15) is 5.82 Å². The first kappa shape index (κ1) is 16.6. The molecule has 0 aliphatic carbocycles. The monoisotopic (exact) mass is 327 g/mol. The van der Waals surface area contributed by atoms with Crippen LogP contribution >= 0.6 is 0 Å². The number of amides is 1. The third kappa shape index (κ3) is 3.32. The van der Waals surface area contributed by atoms with Gasteiger partial charge in [0.05, 0.1) is 5.92 Å². The van der Waals surface area contributed by atoms with Crippen molar-refractivity contribution in [3.05, 3.63) is 71.5 Å². The van der Waals surface area contributed by atoms with Crippen LogP contribution in [-0.2, 0) is 4.79 Å². The molecule has 0 radical (unpaired) electrons. The molecule has 24 heavy (non-hydrogen) atoms. The summed E-state index contributed by atoms with van der Waals surface area (Å²) in [6.07, 6.45) is 0. The van der Waals surface area contributed by atoms with Crippen molar-refractivity contribution in [2.45, 2.75) is 17.9 Å². The fourth-order valence-corrected chi connectivity index (χ4v) is 3.36. The molecule has 126 valence electrons. The molecule has 4 N–H and O–H groups in total. The third-order valence-electron chi connectivity index (χ3n) is 4.71. The van der Waals surface area contributed by atoms with Crippen molar-refractivity contribution in [3.8, 4) is 0 Å². The Kier molecular flexibility index (Phi) is 4.92. The van der Waals surface area contributed by atoms with Gasteiger partial charge in [0.15, 0.2) is 0 Å². The summed E-state index contributed by atoms with van der Waals surface area (Å²) in [5.74, 6) is -0.707. The number of likely N-dealkylation sites (tertiary alicyclic amines) is 1. The molecule has 1 fully saturated rings. The van der Waals surface area contributed by atoms with Gasteiger partial charge in [0.25, 0.3) is 0 Å². The maximum atomic E-state index is 13.1. The van der Waals surface area contributed by atoms with Gasteiger partial charge in [-0.1, -0.05) is 42.5 Å². The minimum Gasteiger partial charge on any atom is -0.340 e. The van der Waals surface area contributed by atoms with Gasteiger partial charge in [-0.05, 0) is 23.3 Å². The van der Waals surface area contributed by atoms with Crippen LogP contribution in [0.3, 0.4) is 0 Å². The van der Waals surface area contributed by atoms with Crippen molar-refractivity contribution < 1.29 is 9.18 Å². The first-order chi connectivity index (χ1) is 11.6. The maximum Gasteiger partial charge on any atom is 0.231 e. The van der Waals surface area contributed by atoms with E-state index in [1.807, 2.05) is 30.3 Å². The number of carbonyl (C=O) groups is 1. The number of nitrogens with two attached hydrogens (primary N) is 2. The van der Waals surface area contributed by atoms with Crippen molar-refractivity contribution in [3.63, 3.8) is 0 Å². The second-order valence-electron chi connectivity index (χ2n) is 6.26. The average molecular weight is 327 g/mol. The normalized spacial score (nSPS) is 21.7. The lowest BCUT2D eigenvalue weighted by molar-refractivity contribution is -0.131. The lowest BCUT2D eigenvalue weighted by Crippen LogP contribution is -2.38. The van der Waals surface area contributed by atoms with Crippen molar-refractivity contribution in [2.24, 2.45) is 11.5 Å². The summed E-state index contributed by atoms with van der Waals surface area (Å²) in [6.45, 7) is 1.28.